The molecule has 0 bridgehead atoms. The molecule has 7 heteroatoms. The van der Waals surface area contributed by atoms with Crippen molar-refractivity contribution in [3.63, 3.8) is 0 Å². The van der Waals surface area contributed by atoms with Crippen LogP contribution in [-0.4, -0.2) is 44.0 Å². The average Bonchev–Trinajstić information content (AvgIpc) is 2.67. The maximum atomic E-state index is 12.2. The van der Waals surface area contributed by atoms with Crippen LogP contribution in [0.5, 0.6) is 0 Å². The number of carbonyl (C=O) groups is 2. The SMILES string of the molecule is CCCS(=O)(=O)c1ccccc1NC1CC(=O)N(C)C1=O. The fourth-order valence-electron chi connectivity index (χ4n) is 2.29. The van der Waals surface area contributed by atoms with Crippen LogP contribution in [0.2, 0.25) is 0 Å². The summed E-state index contributed by atoms with van der Waals surface area (Å²) in [6, 6.07) is 5.75. The molecule has 0 radical (unpaired) electrons. The van der Waals surface area contributed by atoms with Crippen molar-refractivity contribution >= 4 is 27.3 Å². The van der Waals surface area contributed by atoms with Crippen molar-refractivity contribution < 1.29 is 18.0 Å². The summed E-state index contributed by atoms with van der Waals surface area (Å²) in [6.45, 7) is 1.79. The Balaban J connectivity index is 2.30. The van der Waals surface area contributed by atoms with Crippen LogP contribution in [0.15, 0.2) is 29.2 Å². The van der Waals surface area contributed by atoms with Crippen LogP contribution < -0.4 is 5.32 Å². The Morgan fingerprint density at radius 1 is 1.29 bits per heavy atom. The van der Waals surface area contributed by atoms with E-state index in [0.717, 1.165) is 4.90 Å². The topological polar surface area (TPSA) is 83.6 Å². The molecule has 1 aliphatic rings. The Bertz CT molecular complexity index is 669. The number of likely N-dealkylation sites (N-methyl/N-ethyl adjacent to an activating group) is 1. The summed E-state index contributed by atoms with van der Waals surface area (Å²) < 4.78 is 24.5. The van der Waals surface area contributed by atoms with Crippen molar-refractivity contribution in [2.24, 2.45) is 0 Å². The fraction of sp³-hybridized carbons (Fsp3) is 0.429. The van der Waals surface area contributed by atoms with E-state index in [0.29, 0.717) is 12.1 Å². The van der Waals surface area contributed by atoms with Gasteiger partial charge in [0.05, 0.1) is 22.8 Å². The van der Waals surface area contributed by atoms with E-state index < -0.39 is 15.9 Å². The highest BCUT2D eigenvalue weighted by atomic mass is 32.2. The summed E-state index contributed by atoms with van der Waals surface area (Å²) in [7, 11) is -1.98. The number of anilines is 1. The molecule has 1 saturated heterocycles. The van der Waals surface area contributed by atoms with Gasteiger partial charge in [-0.3, -0.25) is 14.5 Å². The molecule has 2 rings (SSSR count). The quantitative estimate of drug-likeness (QED) is 0.822. The van der Waals surface area contributed by atoms with E-state index in [4.69, 9.17) is 0 Å². The van der Waals surface area contributed by atoms with Gasteiger partial charge in [-0.15, -0.1) is 0 Å². The van der Waals surface area contributed by atoms with E-state index in [9.17, 15) is 18.0 Å². The number of benzene rings is 1. The molecule has 6 nitrogen and oxygen atoms in total. The van der Waals surface area contributed by atoms with E-state index in [-0.39, 0.29) is 28.9 Å². The van der Waals surface area contributed by atoms with E-state index in [1.807, 2.05) is 0 Å². The van der Waals surface area contributed by atoms with Gasteiger partial charge in [0.25, 0.3) is 5.91 Å². The molecule has 0 aromatic heterocycles. The zero-order valence-corrected chi connectivity index (χ0v) is 12.8. The lowest BCUT2D eigenvalue weighted by molar-refractivity contribution is -0.136. The second kappa shape index (κ2) is 5.85. The van der Waals surface area contributed by atoms with Gasteiger partial charge in [0.15, 0.2) is 9.84 Å². The molecule has 1 aromatic rings. The minimum absolute atomic E-state index is 0.0392. The number of carbonyl (C=O) groups excluding carboxylic acids is 2. The fourth-order valence-corrected chi connectivity index (χ4v) is 3.80. The third-order valence-electron chi connectivity index (χ3n) is 3.41. The third-order valence-corrected chi connectivity index (χ3v) is 5.38. The number of nitrogens with zero attached hydrogens (tertiary/aromatic N) is 1. The summed E-state index contributed by atoms with van der Waals surface area (Å²) in [4.78, 5) is 24.6. The Morgan fingerprint density at radius 3 is 2.52 bits per heavy atom. The first-order valence-corrected chi connectivity index (χ1v) is 8.40. The Morgan fingerprint density at radius 2 is 1.95 bits per heavy atom. The van der Waals surface area contributed by atoms with Crippen LogP contribution in [0.1, 0.15) is 19.8 Å². The smallest absolute Gasteiger partial charge is 0.251 e. The van der Waals surface area contributed by atoms with Crippen molar-refractivity contribution in [3.8, 4) is 0 Å². The zero-order valence-electron chi connectivity index (χ0n) is 12.0. The molecular formula is C14H18N2O4S. The predicted molar refractivity (Wildman–Crippen MR) is 78.6 cm³/mol. The van der Waals surface area contributed by atoms with Crippen molar-refractivity contribution in [3.05, 3.63) is 24.3 Å². The van der Waals surface area contributed by atoms with Gasteiger partial charge >= 0.3 is 0 Å². The molecule has 1 aromatic carbocycles. The minimum Gasteiger partial charge on any atom is -0.372 e. The van der Waals surface area contributed by atoms with Crippen molar-refractivity contribution in [2.75, 3.05) is 18.1 Å². The second-order valence-electron chi connectivity index (χ2n) is 5.01. The highest BCUT2D eigenvalue weighted by Crippen LogP contribution is 2.25. The molecule has 1 atom stereocenters. The Kier molecular flexibility index (Phi) is 4.32. The van der Waals surface area contributed by atoms with Gasteiger partial charge in [-0.05, 0) is 18.6 Å². The molecule has 0 spiro atoms. The number of likely N-dealkylation sites (tertiary alicyclic amines) is 1. The van der Waals surface area contributed by atoms with Crippen LogP contribution in [0.25, 0.3) is 0 Å². The number of hydrogen-bond donors (Lipinski definition) is 1. The number of amides is 2. The largest absolute Gasteiger partial charge is 0.372 e. The van der Waals surface area contributed by atoms with E-state index in [1.54, 1.807) is 25.1 Å². The van der Waals surface area contributed by atoms with Crippen LogP contribution in [0, 0.1) is 0 Å². The highest BCUT2D eigenvalue weighted by Gasteiger charge is 2.36. The predicted octanol–water partition coefficient (Wildman–Crippen LogP) is 1.04. The molecule has 0 saturated carbocycles. The maximum Gasteiger partial charge on any atom is 0.251 e. The summed E-state index contributed by atoms with van der Waals surface area (Å²) in [5, 5.41) is 2.89. The first-order chi connectivity index (χ1) is 9.86. The van der Waals surface area contributed by atoms with Crippen LogP contribution >= 0.6 is 0 Å². The molecule has 1 aliphatic heterocycles. The van der Waals surface area contributed by atoms with Gasteiger partial charge in [-0.1, -0.05) is 19.1 Å². The summed E-state index contributed by atoms with van der Waals surface area (Å²) in [6.07, 6.45) is 0.553. The van der Waals surface area contributed by atoms with Gasteiger partial charge in [0, 0.05) is 7.05 Å². The average molecular weight is 310 g/mol. The maximum absolute atomic E-state index is 12.2. The van der Waals surface area contributed by atoms with Crippen molar-refractivity contribution in [1.29, 1.82) is 0 Å². The number of sulfone groups is 1. The lowest BCUT2D eigenvalue weighted by Gasteiger charge is -2.16. The Labute approximate surface area is 124 Å². The molecule has 114 valence electrons. The molecule has 1 heterocycles. The molecule has 0 aliphatic carbocycles. The van der Waals surface area contributed by atoms with Gasteiger partial charge in [0.2, 0.25) is 5.91 Å². The van der Waals surface area contributed by atoms with Gasteiger partial charge in [0.1, 0.15) is 6.04 Å². The number of nitrogens with one attached hydrogen (secondary N) is 1. The summed E-state index contributed by atoms with van der Waals surface area (Å²) in [5.74, 6) is -0.572. The third kappa shape index (κ3) is 3.07. The summed E-state index contributed by atoms with van der Waals surface area (Å²) in [5.41, 5.74) is 0.368. The first-order valence-electron chi connectivity index (χ1n) is 6.75. The molecule has 2 amide bonds. The van der Waals surface area contributed by atoms with Crippen molar-refractivity contribution in [2.45, 2.75) is 30.7 Å². The number of rotatable bonds is 5. The van der Waals surface area contributed by atoms with E-state index in [2.05, 4.69) is 5.32 Å². The number of imide groups is 1. The van der Waals surface area contributed by atoms with Gasteiger partial charge in [-0.2, -0.15) is 0 Å². The molecular weight excluding hydrogens is 292 g/mol. The lowest BCUT2D eigenvalue weighted by Crippen LogP contribution is -2.32. The number of para-hydroxylation sites is 1. The molecule has 1 fully saturated rings. The normalized spacial score (nSPS) is 19.1. The second-order valence-corrected chi connectivity index (χ2v) is 7.08. The summed E-state index contributed by atoms with van der Waals surface area (Å²) >= 11 is 0. The minimum atomic E-state index is -3.40. The monoisotopic (exact) mass is 310 g/mol. The lowest BCUT2D eigenvalue weighted by atomic mass is 10.2. The zero-order chi connectivity index (χ0) is 15.6. The van der Waals surface area contributed by atoms with E-state index in [1.165, 1.54) is 13.1 Å². The van der Waals surface area contributed by atoms with Crippen LogP contribution in [0.4, 0.5) is 5.69 Å². The first kappa shape index (κ1) is 15.5. The van der Waals surface area contributed by atoms with Crippen LogP contribution in [0.3, 0.4) is 0 Å². The van der Waals surface area contributed by atoms with Gasteiger partial charge in [-0.25, -0.2) is 8.42 Å². The van der Waals surface area contributed by atoms with E-state index >= 15 is 0 Å². The molecule has 1 N–H and O–H groups in total. The Hall–Kier alpha value is -1.89. The standard InChI is InChI=1S/C14H18N2O4S/c1-3-8-21(19,20)12-7-5-4-6-10(12)15-11-9-13(17)16(2)14(11)18/h4-7,11,15H,3,8-9H2,1-2H3. The molecule has 21 heavy (non-hydrogen) atoms. The van der Waals surface area contributed by atoms with Crippen LogP contribution in [-0.2, 0) is 19.4 Å². The van der Waals surface area contributed by atoms with Gasteiger partial charge < -0.3 is 5.32 Å². The van der Waals surface area contributed by atoms with Crippen molar-refractivity contribution in [1.82, 2.24) is 4.90 Å². The number of hydrogen-bond acceptors (Lipinski definition) is 5. The molecule has 1 unspecified atom stereocenters. The highest BCUT2D eigenvalue weighted by molar-refractivity contribution is 7.91.